The Bertz CT molecular complexity index is 479. The monoisotopic (exact) mass is 266 g/mol. The highest BCUT2D eigenvalue weighted by molar-refractivity contribution is 6.00. The van der Waals surface area contributed by atoms with Crippen molar-refractivity contribution in [3.63, 3.8) is 0 Å². The van der Waals surface area contributed by atoms with Crippen LogP contribution in [0.25, 0.3) is 0 Å². The van der Waals surface area contributed by atoms with E-state index in [1.807, 2.05) is 6.92 Å². The topological polar surface area (TPSA) is 52.6 Å². The number of hydrogen-bond acceptors (Lipinski definition) is 3. The number of hydrogen-bond donors (Lipinski definition) is 2. The number of carbonyl (C=O) groups is 1. The first-order valence-corrected chi connectivity index (χ1v) is 6.48. The van der Waals surface area contributed by atoms with Crippen LogP contribution in [0.3, 0.4) is 0 Å². The maximum Gasteiger partial charge on any atom is 0.256 e. The van der Waals surface area contributed by atoms with Gasteiger partial charge in [-0.2, -0.15) is 0 Å². The molecule has 1 fully saturated rings. The lowest BCUT2D eigenvalue weighted by molar-refractivity contribution is 0.0649. The second kappa shape index (κ2) is 5.57. The Kier molecular flexibility index (Phi) is 4.04. The number of aliphatic hydroxyl groups excluding tert-OH is 1. The fourth-order valence-corrected chi connectivity index (χ4v) is 2.65. The Hall–Kier alpha value is -1.62. The highest BCUT2D eigenvalue weighted by Crippen LogP contribution is 2.28. The van der Waals surface area contributed by atoms with Gasteiger partial charge in [-0.3, -0.25) is 4.79 Å². The molecule has 0 spiro atoms. The van der Waals surface area contributed by atoms with Crippen LogP contribution in [-0.4, -0.2) is 42.2 Å². The van der Waals surface area contributed by atoms with E-state index in [-0.39, 0.29) is 30.2 Å². The van der Waals surface area contributed by atoms with Crippen molar-refractivity contribution in [3.05, 3.63) is 29.6 Å². The van der Waals surface area contributed by atoms with Gasteiger partial charge < -0.3 is 15.3 Å². The van der Waals surface area contributed by atoms with Crippen molar-refractivity contribution in [2.24, 2.45) is 5.92 Å². The van der Waals surface area contributed by atoms with Gasteiger partial charge >= 0.3 is 0 Å². The predicted molar refractivity (Wildman–Crippen MR) is 71.6 cm³/mol. The summed E-state index contributed by atoms with van der Waals surface area (Å²) in [7, 11) is 1.59. The molecule has 1 aliphatic rings. The zero-order valence-electron chi connectivity index (χ0n) is 11.2. The van der Waals surface area contributed by atoms with Crippen molar-refractivity contribution in [1.82, 2.24) is 4.90 Å². The van der Waals surface area contributed by atoms with E-state index in [1.54, 1.807) is 18.0 Å². The van der Waals surface area contributed by atoms with Crippen LogP contribution in [0.15, 0.2) is 18.2 Å². The Morgan fingerprint density at radius 1 is 1.58 bits per heavy atom. The van der Waals surface area contributed by atoms with Crippen LogP contribution < -0.4 is 5.32 Å². The number of anilines is 1. The van der Waals surface area contributed by atoms with Gasteiger partial charge in [0, 0.05) is 13.6 Å². The quantitative estimate of drug-likeness (QED) is 0.875. The molecule has 0 saturated carbocycles. The first-order chi connectivity index (χ1) is 9.10. The number of aliphatic hydroxyl groups is 1. The summed E-state index contributed by atoms with van der Waals surface area (Å²) in [6.45, 7) is 2.56. The second-order valence-corrected chi connectivity index (χ2v) is 4.93. The third kappa shape index (κ3) is 2.42. The molecule has 1 amide bonds. The average molecular weight is 266 g/mol. The fraction of sp³-hybridized carbons (Fsp3) is 0.500. The van der Waals surface area contributed by atoms with Crippen LogP contribution >= 0.6 is 0 Å². The van der Waals surface area contributed by atoms with Crippen molar-refractivity contribution in [3.8, 4) is 0 Å². The number of rotatable bonds is 3. The SMILES string of the molecule is CNc1c(F)cccc1C(=O)N1CCC(C)C1CO. The highest BCUT2D eigenvalue weighted by atomic mass is 19.1. The minimum atomic E-state index is -0.443. The van der Waals surface area contributed by atoms with E-state index in [0.29, 0.717) is 12.1 Å². The Morgan fingerprint density at radius 2 is 2.32 bits per heavy atom. The van der Waals surface area contributed by atoms with Gasteiger partial charge in [0.1, 0.15) is 5.82 Å². The van der Waals surface area contributed by atoms with E-state index < -0.39 is 5.82 Å². The molecule has 1 saturated heterocycles. The van der Waals surface area contributed by atoms with Gasteiger partial charge in [-0.1, -0.05) is 13.0 Å². The number of nitrogens with one attached hydrogen (secondary N) is 1. The molecule has 1 aromatic rings. The Labute approximate surface area is 112 Å². The van der Waals surface area contributed by atoms with Crippen LogP contribution in [0.2, 0.25) is 0 Å². The number of para-hydroxylation sites is 1. The lowest BCUT2D eigenvalue weighted by Crippen LogP contribution is -2.40. The predicted octanol–water partition coefficient (Wildman–Crippen LogP) is 1.71. The van der Waals surface area contributed by atoms with Crippen LogP contribution in [0.5, 0.6) is 0 Å². The summed E-state index contributed by atoms with van der Waals surface area (Å²) in [5.74, 6) is -0.408. The Balaban J connectivity index is 2.32. The molecule has 0 aliphatic carbocycles. The first-order valence-electron chi connectivity index (χ1n) is 6.48. The average Bonchev–Trinajstić information content (AvgIpc) is 2.78. The molecule has 0 bridgehead atoms. The van der Waals surface area contributed by atoms with Gasteiger partial charge in [-0.15, -0.1) is 0 Å². The maximum absolute atomic E-state index is 13.7. The number of likely N-dealkylation sites (tertiary alicyclic amines) is 1. The molecule has 2 unspecified atom stereocenters. The molecule has 1 heterocycles. The summed E-state index contributed by atoms with van der Waals surface area (Å²) in [4.78, 5) is 14.1. The summed E-state index contributed by atoms with van der Waals surface area (Å²) in [5.41, 5.74) is 0.527. The molecule has 5 heteroatoms. The van der Waals surface area contributed by atoms with Gasteiger partial charge in [-0.25, -0.2) is 4.39 Å². The van der Waals surface area contributed by atoms with Crippen LogP contribution in [0, 0.1) is 11.7 Å². The molecule has 2 atom stereocenters. The molecule has 19 heavy (non-hydrogen) atoms. The smallest absolute Gasteiger partial charge is 0.256 e. The van der Waals surface area contributed by atoms with E-state index in [4.69, 9.17) is 0 Å². The molecule has 4 nitrogen and oxygen atoms in total. The zero-order chi connectivity index (χ0) is 14.0. The summed E-state index contributed by atoms with van der Waals surface area (Å²) in [5, 5.41) is 12.1. The number of halogens is 1. The zero-order valence-corrected chi connectivity index (χ0v) is 11.2. The molecule has 0 aromatic heterocycles. The first kappa shape index (κ1) is 13.8. The van der Waals surface area contributed by atoms with Crippen molar-refractivity contribution >= 4 is 11.6 Å². The van der Waals surface area contributed by atoms with Crippen LogP contribution in [0.1, 0.15) is 23.7 Å². The minimum absolute atomic E-state index is 0.0584. The van der Waals surface area contributed by atoms with E-state index in [0.717, 1.165) is 6.42 Å². The number of benzene rings is 1. The third-order valence-electron chi connectivity index (χ3n) is 3.82. The molecule has 0 radical (unpaired) electrons. The lowest BCUT2D eigenvalue weighted by atomic mass is 10.0. The van der Waals surface area contributed by atoms with Gasteiger partial charge in [0.05, 0.1) is 23.9 Å². The molecular formula is C14H19FN2O2. The number of nitrogens with zero attached hydrogens (tertiary/aromatic N) is 1. The number of carbonyl (C=O) groups excluding carboxylic acids is 1. The fourth-order valence-electron chi connectivity index (χ4n) is 2.65. The van der Waals surface area contributed by atoms with Crippen LogP contribution in [0.4, 0.5) is 10.1 Å². The summed E-state index contributed by atoms with van der Waals surface area (Å²) >= 11 is 0. The van der Waals surface area contributed by atoms with Crippen molar-refractivity contribution in [2.75, 3.05) is 25.5 Å². The summed E-state index contributed by atoms with van der Waals surface area (Å²) in [6.07, 6.45) is 0.862. The highest BCUT2D eigenvalue weighted by Gasteiger charge is 2.35. The molecule has 1 aliphatic heterocycles. The van der Waals surface area contributed by atoms with E-state index in [9.17, 15) is 14.3 Å². The standard InChI is InChI=1S/C14H19FN2O2/c1-9-6-7-17(12(9)8-18)14(19)10-4-3-5-11(15)13(10)16-2/h3-5,9,12,16,18H,6-8H2,1-2H3. The van der Waals surface area contributed by atoms with Crippen molar-refractivity contribution in [2.45, 2.75) is 19.4 Å². The number of amides is 1. The molecule has 2 rings (SSSR count). The van der Waals surface area contributed by atoms with E-state index >= 15 is 0 Å². The van der Waals surface area contributed by atoms with Gasteiger partial charge in [0.15, 0.2) is 0 Å². The molecule has 1 aromatic carbocycles. The van der Waals surface area contributed by atoms with Crippen molar-refractivity contribution < 1.29 is 14.3 Å². The molecular weight excluding hydrogens is 247 g/mol. The minimum Gasteiger partial charge on any atom is -0.394 e. The Morgan fingerprint density at radius 3 is 2.95 bits per heavy atom. The van der Waals surface area contributed by atoms with Crippen molar-refractivity contribution in [1.29, 1.82) is 0 Å². The van der Waals surface area contributed by atoms with Crippen LogP contribution in [-0.2, 0) is 0 Å². The third-order valence-corrected chi connectivity index (χ3v) is 3.82. The van der Waals surface area contributed by atoms with E-state index in [2.05, 4.69) is 5.32 Å². The lowest BCUT2D eigenvalue weighted by Gasteiger charge is -2.26. The molecule has 2 N–H and O–H groups in total. The second-order valence-electron chi connectivity index (χ2n) is 4.93. The maximum atomic E-state index is 13.7. The van der Waals surface area contributed by atoms with Gasteiger partial charge in [0.2, 0.25) is 0 Å². The van der Waals surface area contributed by atoms with Gasteiger partial charge in [0.25, 0.3) is 5.91 Å². The van der Waals surface area contributed by atoms with E-state index in [1.165, 1.54) is 12.1 Å². The largest absolute Gasteiger partial charge is 0.394 e. The molecule has 104 valence electrons. The van der Waals surface area contributed by atoms with Gasteiger partial charge in [-0.05, 0) is 24.5 Å². The summed E-state index contributed by atoms with van der Waals surface area (Å²) < 4.78 is 13.7. The normalized spacial score (nSPS) is 22.6. The summed E-state index contributed by atoms with van der Waals surface area (Å²) in [6, 6.07) is 4.27.